The quantitative estimate of drug-likeness (QED) is 0.500. The van der Waals surface area contributed by atoms with E-state index >= 15 is 0 Å². The number of nitrogens with two attached hydrogens (primary N) is 1. The maximum Gasteiger partial charge on any atom is 0.241 e. The van der Waals surface area contributed by atoms with Crippen molar-refractivity contribution in [1.82, 2.24) is 9.88 Å². The first-order valence-corrected chi connectivity index (χ1v) is 5.66. The van der Waals surface area contributed by atoms with Gasteiger partial charge in [0.25, 0.3) is 0 Å². The third-order valence-electron chi connectivity index (χ3n) is 2.43. The minimum atomic E-state index is 0.0583. The van der Waals surface area contributed by atoms with Crippen LogP contribution in [0.4, 0.5) is 11.6 Å². The van der Waals surface area contributed by atoms with Crippen LogP contribution in [-0.4, -0.2) is 35.4 Å². The summed E-state index contributed by atoms with van der Waals surface area (Å²) in [6.07, 6.45) is 0. The van der Waals surface area contributed by atoms with E-state index < -0.39 is 0 Å². The van der Waals surface area contributed by atoms with E-state index in [-0.39, 0.29) is 12.5 Å². The number of rotatable bonds is 6. The molecule has 0 unspecified atom stereocenters. The SMILES string of the molecule is CCN(CC)C(=O)CNc1cccc(NN)n1. The highest BCUT2D eigenvalue weighted by Crippen LogP contribution is 2.07. The Morgan fingerprint density at radius 3 is 2.59 bits per heavy atom. The van der Waals surface area contributed by atoms with Crippen LogP contribution < -0.4 is 16.6 Å². The molecule has 1 amide bonds. The second kappa shape index (κ2) is 6.70. The molecular formula is C11H19N5O. The van der Waals surface area contributed by atoms with Gasteiger partial charge in [-0.05, 0) is 26.0 Å². The van der Waals surface area contributed by atoms with Crippen molar-refractivity contribution < 1.29 is 4.79 Å². The molecule has 94 valence electrons. The summed E-state index contributed by atoms with van der Waals surface area (Å²) in [5, 5.41) is 2.97. The van der Waals surface area contributed by atoms with Gasteiger partial charge in [0, 0.05) is 13.1 Å². The normalized spacial score (nSPS) is 9.82. The van der Waals surface area contributed by atoms with Crippen LogP contribution in [0.5, 0.6) is 0 Å². The summed E-state index contributed by atoms with van der Waals surface area (Å²) in [4.78, 5) is 17.6. The summed E-state index contributed by atoms with van der Waals surface area (Å²) >= 11 is 0. The van der Waals surface area contributed by atoms with Crippen molar-refractivity contribution in [2.24, 2.45) is 5.84 Å². The van der Waals surface area contributed by atoms with Gasteiger partial charge in [-0.1, -0.05) is 6.07 Å². The number of amides is 1. The van der Waals surface area contributed by atoms with Crippen LogP contribution in [0.25, 0.3) is 0 Å². The van der Waals surface area contributed by atoms with Crippen LogP contribution in [-0.2, 0) is 4.79 Å². The zero-order chi connectivity index (χ0) is 12.7. The lowest BCUT2D eigenvalue weighted by Gasteiger charge is -2.18. The van der Waals surface area contributed by atoms with Gasteiger partial charge in [-0.3, -0.25) is 4.79 Å². The Bertz CT molecular complexity index is 365. The molecule has 0 saturated carbocycles. The molecule has 0 fully saturated rings. The van der Waals surface area contributed by atoms with E-state index in [4.69, 9.17) is 5.84 Å². The lowest BCUT2D eigenvalue weighted by atomic mass is 10.4. The summed E-state index contributed by atoms with van der Waals surface area (Å²) < 4.78 is 0. The van der Waals surface area contributed by atoms with Gasteiger partial charge in [-0.15, -0.1) is 0 Å². The third-order valence-corrected chi connectivity index (χ3v) is 2.43. The van der Waals surface area contributed by atoms with Crippen molar-refractivity contribution in [3.05, 3.63) is 18.2 Å². The molecule has 0 saturated heterocycles. The van der Waals surface area contributed by atoms with Crippen molar-refractivity contribution in [2.45, 2.75) is 13.8 Å². The van der Waals surface area contributed by atoms with Gasteiger partial charge in [-0.2, -0.15) is 0 Å². The molecule has 6 nitrogen and oxygen atoms in total. The van der Waals surface area contributed by atoms with Crippen LogP contribution in [0, 0.1) is 0 Å². The van der Waals surface area contributed by atoms with Gasteiger partial charge < -0.3 is 15.6 Å². The molecule has 0 aliphatic heterocycles. The number of pyridine rings is 1. The molecule has 0 aromatic carbocycles. The summed E-state index contributed by atoms with van der Waals surface area (Å²) in [7, 11) is 0. The molecule has 6 heteroatoms. The van der Waals surface area contributed by atoms with Gasteiger partial charge in [0.2, 0.25) is 5.91 Å². The minimum Gasteiger partial charge on any atom is -0.361 e. The molecule has 0 aliphatic rings. The first-order valence-electron chi connectivity index (χ1n) is 5.66. The van der Waals surface area contributed by atoms with Gasteiger partial charge >= 0.3 is 0 Å². The standard InChI is InChI=1S/C11H19N5O/c1-3-16(4-2)11(17)8-13-9-6-5-7-10(14-9)15-12/h5-7H,3-4,8,12H2,1-2H3,(H2,13,14,15). The number of hydrogen-bond donors (Lipinski definition) is 3. The Hall–Kier alpha value is -1.82. The molecule has 0 radical (unpaired) electrons. The van der Waals surface area contributed by atoms with Crippen LogP contribution in [0.1, 0.15) is 13.8 Å². The highest BCUT2D eigenvalue weighted by Gasteiger charge is 2.08. The summed E-state index contributed by atoms with van der Waals surface area (Å²) in [6, 6.07) is 5.35. The van der Waals surface area contributed by atoms with Crippen LogP contribution in [0.2, 0.25) is 0 Å². The number of nitrogen functional groups attached to an aromatic ring is 1. The van der Waals surface area contributed by atoms with Crippen LogP contribution >= 0.6 is 0 Å². The molecule has 1 aromatic rings. The van der Waals surface area contributed by atoms with E-state index in [0.29, 0.717) is 11.6 Å². The van der Waals surface area contributed by atoms with E-state index in [1.54, 1.807) is 17.0 Å². The second-order valence-electron chi connectivity index (χ2n) is 3.47. The average molecular weight is 237 g/mol. The highest BCUT2D eigenvalue weighted by atomic mass is 16.2. The van der Waals surface area contributed by atoms with Crippen molar-refractivity contribution in [3.63, 3.8) is 0 Å². The van der Waals surface area contributed by atoms with Gasteiger partial charge in [0.05, 0.1) is 6.54 Å². The molecule has 4 N–H and O–H groups in total. The van der Waals surface area contributed by atoms with Crippen molar-refractivity contribution >= 4 is 17.5 Å². The molecular weight excluding hydrogens is 218 g/mol. The van der Waals surface area contributed by atoms with E-state index in [1.165, 1.54) is 0 Å². The monoisotopic (exact) mass is 237 g/mol. The number of hydrogen-bond acceptors (Lipinski definition) is 5. The summed E-state index contributed by atoms with van der Waals surface area (Å²) in [6.45, 7) is 5.59. The molecule has 0 aliphatic carbocycles. The fourth-order valence-corrected chi connectivity index (χ4v) is 1.47. The van der Waals surface area contributed by atoms with E-state index in [2.05, 4.69) is 15.7 Å². The topological polar surface area (TPSA) is 83.3 Å². The smallest absolute Gasteiger partial charge is 0.241 e. The highest BCUT2D eigenvalue weighted by molar-refractivity contribution is 5.80. The molecule has 0 bridgehead atoms. The maximum absolute atomic E-state index is 11.7. The zero-order valence-corrected chi connectivity index (χ0v) is 10.2. The Morgan fingerprint density at radius 1 is 1.35 bits per heavy atom. The summed E-state index contributed by atoms with van der Waals surface area (Å²) in [5.74, 6) is 6.50. The molecule has 0 spiro atoms. The van der Waals surface area contributed by atoms with Gasteiger partial charge in [-0.25, -0.2) is 10.8 Å². The van der Waals surface area contributed by atoms with Gasteiger partial charge in [0.1, 0.15) is 11.6 Å². The predicted molar refractivity (Wildman–Crippen MR) is 68.5 cm³/mol. The lowest BCUT2D eigenvalue weighted by molar-refractivity contribution is -0.128. The van der Waals surface area contributed by atoms with Crippen molar-refractivity contribution in [1.29, 1.82) is 0 Å². The van der Waals surface area contributed by atoms with E-state index in [0.717, 1.165) is 13.1 Å². The second-order valence-corrected chi connectivity index (χ2v) is 3.47. The fraction of sp³-hybridized carbons (Fsp3) is 0.455. The minimum absolute atomic E-state index is 0.0583. The number of nitrogens with one attached hydrogen (secondary N) is 2. The van der Waals surface area contributed by atoms with Crippen molar-refractivity contribution in [3.8, 4) is 0 Å². The number of likely N-dealkylation sites (N-methyl/N-ethyl adjacent to an activating group) is 1. The first-order chi connectivity index (χ1) is 8.21. The molecule has 17 heavy (non-hydrogen) atoms. The third kappa shape index (κ3) is 3.92. The van der Waals surface area contributed by atoms with E-state index in [1.807, 2.05) is 19.9 Å². The number of aromatic nitrogens is 1. The molecule has 0 atom stereocenters. The number of anilines is 2. The van der Waals surface area contributed by atoms with Crippen LogP contribution in [0.3, 0.4) is 0 Å². The Balaban J connectivity index is 2.52. The lowest BCUT2D eigenvalue weighted by Crippen LogP contribution is -2.35. The average Bonchev–Trinajstić information content (AvgIpc) is 2.38. The molecule has 1 heterocycles. The fourth-order valence-electron chi connectivity index (χ4n) is 1.47. The number of nitrogens with zero attached hydrogens (tertiary/aromatic N) is 2. The van der Waals surface area contributed by atoms with Gasteiger partial charge in [0.15, 0.2) is 0 Å². The largest absolute Gasteiger partial charge is 0.361 e. The number of hydrazine groups is 1. The van der Waals surface area contributed by atoms with Crippen LogP contribution in [0.15, 0.2) is 18.2 Å². The Labute approximate surface area is 101 Å². The number of carbonyl (C=O) groups excluding carboxylic acids is 1. The molecule has 1 rings (SSSR count). The first kappa shape index (κ1) is 13.2. The Kier molecular flexibility index (Phi) is 5.22. The summed E-state index contributed by atoms with van der Waals surface area (Å²) in [5.41, 5.74) is 2.45. The zero-order valence-electron chi connectivity index (χ0n) is 10.2. The Morgan fingerprint density at radius 2 is 2.00 bits per heavy atom. The van der Waals surface area contributed by atoms with Crippen molar-refractivity contribution in [2.75, 3.05) is 30.4 Å². The number of carbonyl (C=O) groups is 1. The van der Waals surface area contributed by atoms with E-state index in [9.17, 15) is 4.79 Å². The molecule has 1 aromatic heterocycles. The predicted octanol–water partition coefficient (Wildman–Crippen LogP) is 0.647. The maximum atomic E-state index is 11.7.